The van der Waals surface area contributed by atoms with Crippen molar-refractivity contribution >= 4 is 35.7 Å². The Bertz CT molecular complexity index is 738. The Morgan fingerprint density at radius 1 is 1.23 bits per heavy atom. The maximum atomic E-state index is 14.6. The van der Waals surface area contributed by atoms with E-state index in [1.807, 2.05) is 39.8 Å². The Morgan fingerprint density at radius 3 is 2.50 bits per heavy atom. The number of hydrogen-bond acceptors (Lipinski definition) is 2. The number of hydrogen-bond donors (Lipinski definition) is 1. The predicted octanol–water partition coefficient (Wildman–Crippen LogP) is 4.76. The highest BCUT2D eigenvalue weighted by atomic mass is 35.5. The van der Waals surface area contributed by atoms with Crippen LogP contribution in [-0.4, -0.2) is 23.3 Å². The van der Waals surface area contributed by atoms with Gasteiger partial charge in [0.05, 0.1) is 16.2 Å². The van der Waals surface area contributed by atoms with Crippen LogP contribution in [0.5, 0.6) is 0 Å². The smallest absolute Gasteiger partial charge is 0.398 e. The molecular weight excluding hydrogens is 303 g/mol. The minimum Gasteiger partial charge on any atom is -0.398 e. The molecule has 1 aromatic heterocycles. The van der Waals surface area contributed by atoms with Crippen molar-refractivity contribution in [2.75, 3.05) is 0 Å². The first-order valence-corrected chi connectivity index (χ1v) is 7.57. The van der Waals surface area contributed by atoms with Crippen LogP contribution < -0.4 is 0 Å². The lowest BCUT2D eigenvalue weighted by Crippen LogP contribution is -2.41. The van der Waals surface area contributed by atoms with Gasteiger partial charge in [-0.1, -0.05) is 17.7 Å². The molecule has 1 N–H and O–H groups in total. The van der Waals surface area contributed by atoms with Crippen LogP contribution in [0.25, 0.3) is 17.0 Å². The molecule has 0 amide bonds. The number of halogens is 2. The van der Waals surface area contributed by atoms with Gasteiger partial charge in [-0.25, -0.2) is 4.39 Å². The summed E-state index contributed by atoms with van der Waals surface area (Å²) in [6.07, 6.45) is 3.13. The number of aromatic amines is 1. The number of H-pyrrole nitrogens is 1. The van der Waals surface area contributed by atoms with Gasteiger partial charge in [-0.15, -0.1) is 0 Å². The van der Waals surface area contributed by atoms with Crippen LogP contribution in [0.15, 0.2) is 30.1 Å². The highest BCUT2D eigenvalue weighted by molar-refractivity contribution is 6.54. The van der Waals surface area contributed by atoms with E-state index in [-0.39, 0.29) is 0 Å². The van der Waals surface area contributed by atoms with Crippen molar-refractivity contribution in [1.29, 1.82) is 0 Å². The molecule has 116 valence electrons. The van der Waals surface area contributed by atoms with Crippen LogP contribution in [0.2, 0.25) is 5.02 Å². The summed E-state index contributed by atoms with van der Waals surface area (Å²) in [6, 6.07) is 5.52. The normalized spacial score (nSPS) is 20.8. The fourth-order valence-electron chi connectivity index (χ4n) is 2.45. The van der Waals surface area contributed by atoms with Gasteiger partial charge in [-0.2, -0.15) is 0 Å². The number of aromatic nitrogens is 1. The van der Waals surface area contributed by atoms with Crippen LogP contribution in [0.3, 0.4) is 0 Å². The number of fused-ring (bicyclic) bond motifs is 1. The summed E-state index contributed by atoms with van der Waals surface area (Å²) in [6.45, 7) is 7.57. The first-order valence-electron chi connectivity index (χ1n) is 7.20. The first-order chi connectivity index (χ1) is 10.2. The lowest BCUT2D eigenvalue weighted by atomic mass is 9.87. The van der Waals surface area contributed by atoms with E-state index in [4.69, 9.17) is 20.9 Å². The molecule has 0 aliphatic carbocycles. The van der Waals surface area contributed by atoms with Crippen molar-refractivity contribution in [3.05, 3.63) is 40.7 Å². The van der Waals surface area contributed by atoms with E-state index in [0.717, 1.165) is 10.9 Å². The van der Waals surface area contributed by atoms with E-state index in [0.29, 0.717) is 10.6 Å². The zero-order valence-corrected chi connectivity index (χ0v) is 13.8. The highest BCUT2D eigenvalue weighted by Gasteiger charge is 2.53. The minimum absolute atomic E-state index is 0.473. The lowest BCUT2D eigenvalue weighted by molar-refractivity contribution is 0.00578. The second-order valence-corrected chi connectivity index (χ2v) is 6.93. The second-order valence-electron chi connectivity index (χ2n) is 6.52. The third-order valence-corrected chi connectivity index (χ3v) is 4.77. The Balaban J connectivity index is 1.95. The number of rotatable bonds is 2. The van der Waals surface area contributed by atoms with Gasteiger partial charge < -0.3 is 14.3 Å². The van der Waals surface area contributed by atoms with Crippen molar-refractivity contribution < 1.29 is 13.7 Å². The van der Waals surface area contributed by atoms with Crippen LogP contribution in [0.4, 0.5) is 4.39 Å². The standard InChI is InChI=1S/C16H18BClFNO2/c1-15(2)16(3,4)22-17(21-15)13(19)8-10-9-20-12-7-5-6-11(18)14(10)12/h5-9,20H,1-4H3. The average Bonchev–Trinajstić information content (AvgIpc) is 2.90. The van der Waals surface area contributed by atoms with E-state index in [9.17, 15) is 4.39 Å². The number of nitrogens with one attached hydrogen (secondary N) is 1. The van der Waals surface area contributed by atoms with Gasteiger partial charge in [0.2, 0.25) is 0 Å². The van der Waals surface area contributed by atoms with Gasteiger partial charge in [0.15, 0.2) is 0 Å². The molecule has 2 aromatic rings. The van der Waals surface area contributed by atoms with Gasteiger partial charge in [-0.3, -0.25) is 0 Å². The Kier molecular flexibility index (Phi) is 3.63. The van der Waals surface area contributed by atoms with Crippen molar-refractivity contribution in [2.24, 2.45) is 0 Å². The SMILES string of the molecule is CC1(C)OB(C(F)=Cc2c[nH]c3cccc(Cl)c23)OC1(C)C. The summed E-state index contributed by atoms with van der Waals surface area (Å²) in [5.41, 5.74) is -0.0748. The zero-order chi connectivity index (χ0) is 16.1. The molecule has 1 aliphatic rings. The third kappa shape index (κ3) is 2.47. The van der Waals surface area contributed by atoms with E-state index >= 15 is 0 Å². The third-order valence-electron chi connectivity index (χ3n) is 4.46. The van der Waals surface area contributed by atoms with Crippen LogP contribution in [-0.2, 0) is 9.31 Å². The molecule has 3 rings (SSSR count). The van der Waals surface area contributed by atoms with E-state index in [2.05, 4.69) is 4.98 Å². The van der Waals surface area contributed by atoms with Crippen LogP contribution in [0, 0.1) is 0 Å². The van der Waals surface area contributed by atoms with Gasteiger partial charge in [-0.05, 0) is 45.9 Å². The fraction of sp³-hybridized carbons (Fsp3) is 0.375. The molecule has 1 saturated heterocycles. The molecule has 0 radical (unpaired) electrons. The van der Waals surface area contributed by atoms with Gasteiger partial charge in [0, 0.05) is 22.7 Å². The summed E-state index contributed by atoms with van der Waals surface area (Å²) in [5.74, 6) is 0. The fourth-order valence-corrected chi connectivity index (χ4v) is 2.74. The summed E-state index contributed by atoms with van der Waals surface area (Å²) < 4.78 is 26.0. The molecule has 0 unspecified atom stereocenters. The Labute approximate surface area is 134 Å². The molecule has 2 heterocycles. The van der Waals surface area contributed by atoms with Crippen molar-refractivity contribution in [1.82, 2.24) is 4.98 Å². The molecule has 0 atom stereocenters. The van der Waals surface area contributed by atoms with E-state index in [1.54, 1.807) is 12.3 Å². The summed E-state index contributed by atoms with van der Waals surface area (Å²) in [5, 5.41) is 1.36. The molecule has 6 heteroatoms. The zero-order valence-electron chi connectivity index (χ0n) is 13.0. The molecular formula is C16H18BClFNO2. The molecule has 1 aromatic carbocycles. The van der Waals surface area contributed by atoms with Crippen LogP contribution in [0.1, 0.15) is 33.3 Å². The Hall–Kier alpha value is -1.30. The quantitative estimate of drug-likeness (QED) is 0.809. The first kappa shape index (κ1) is 15.6. The average molecular weight is 322 g/mol. The minimum atomic E-state index is -1.00. The molecule has 1 fully saturated rings. The Morgan fingerprint density at radius 2 is 1.86 bits per heavy atom. The maximum absolute atomic E-state index is 14.6. The lowest BCUT2D eigenvalue weighted by Gasteiger charge is -2.32. The highest BCUT2D eigenvalue weighted by Crippen LogP contribution is 2.39. The summed E-state index contributed by atoms with van der Waals surface area (Å²) >= 11 is 6.20. The molecule has 3 nitrogen and oxygen atoms in total. The van der Waals surface area contributed by atoms with E-state index in [1.165, 1.54) is 6.08 Å². The van der Waals surface area contributed by atoms with Crippen molar-refractivity contribution in [2.45, 2.75) is 38.9 Å². The molecule has 22 heavy (non-hydrogen) atoms. The van der Waals surface area contributed by atoms with Crippen molar-refractivity contribution in [3.63, 3.8) is 0 Å². The molecule has 0 saturated carbocycles. The van der Waals surface area contributed by atoms with Gasteiger partial charge in [0.1, 0.15) is 5.73 Å². The van der Waals surface area contributed by atoms with E-state index < -0.39 is 24.0 Å². The summed E-state index contributed by atoms with van der Waals surface area (Å²) in [4.78, 5) is 3.08. The van der Waals surface area contributed by atoms with Crippen molar-refractivity contribution in [3.8, 4) is 0 Å². The second kappa shape index (κ2) is 5.12. The topological polar surface area (TPSA) is 34.2 Å². The monoisotopic (exact) mass is 321 g/mol. The predicted molar refractivity (Wildman–Crippen MR) is 88.5 cm³/mol. The van der Waals surface area contributed by atoms with Gasteiger partial charge >= 0.3 is 7.12 Å². The molecule has 0 bridgehead atoms. The summed E-state index contributed by atoms with van der Waals surface area (Å²) in [7, 11) is -1.00. The van der Waals surface area contributed by atoms with Crippen LogP contribution >= 0.6 is 11.6 Å². The van der Waals surface area contributed by atoms with Gasteiger partial charge in [0.25, 0.3) is 0 Å². The molecule has 0 spiro atoms. The number of benzene rings is 1. The maximum Gasteiger partial charge on any atom is 0.525 e. The largest absolute Gasteiger partial charge is 0.525 e. The molecule has 1 aliphatic heterocycles.